The summed E-state index contributed by atoms with van der Waals surface area (Å²) in [5.41, 5.74) is 3.46. The molecule has 0 aliphatic carbocycles. The first kappa shape index (κ1) is 13.7. The van der Waals surface area contributed by atoms with Crippen molar-refractivity contribution in [1.82, 2.24) is 0 Å². The van der Waals surface area contributed by atoms with Gasteiger partial charge in [0.05, 0.1) is 6.42 Å². The Balaban J connectivity index is 2.05. The molecule has 0 heterocycles. The molecule has 0 radical (unpaired) electrons. The molecule has 0 amide bonds. The van der Waals surface area contributed by atoms with Crippen molar-refractivity contribution < 1.29 is 9.90 Å². The van der Waals surface area contributed by atoms with E-state index in [-0.39, 0.29) is 11.7 Å². The molecule has 0 bridgehead atoms. The number of carboxylic acids is 1. The van der Waals surface area contributed by atoms with Gasteiger partial charge in [-0.3, -0.25) is 4.79 Å². The van der Waals surface area contributed by atoms with Gasteiger partial charge >= 0.3 is 5.97 Å². The van der Waals surface area contributed by atoms with Crippen molar-refractivity contribution in [3.05, 3.63) is 60.2 Å². The molecule has 98 valence electrons. The molecule has 2 aromatic carbocycles. The highest BCUT2D eigenvalue weighted by molar-refractivity contribution is 7.81. The van der Waals surface area contributed by atoms with Crippen LogP contribution in [0.1, 0.15) is 12.0 Å². The van der Waals surface area contributed by atoms with E-state index < -0.39 is 5.97 Å². The molecule has 2 aromatic rings. The third kappa shape index (κ3) is 4.14. The largest absolute Gasteiger partial charge is 0.481 e. The molecule has 0 spiro atoms. The molecular formula is C16H16O2S. The average molecular weight is 272 g/mol. The van der Waals surface area contributed by atoms with E-state index in [2.05, 4.69) is 36.9 Å². The van der Waals surface area contributed by atoms with Gasteiger partial charge in [0.15, 0.2) is 0 Å². The highest BCUT2D eigenvalue weighted by Gasteiger charge is 2.09. The molecule has 1 unspecified atom stereocenters. The van der Waals surface area contributed by atoms with Gasteiger partial charge in [0.1, 0.15) is 0 Å². The maximum atomic E-state index is 10.6. The zero-order valence-electron chi connectivity index (χ0n) is 10.5. The Bertz CT molecular complexity index is 534. The third-order valence-corrected chi connectivity index (χ3v) is 3.31. The molecule has 0 fully saturated rings. The monoisotopic (exact) mass is 272 g/mol. The van der Waals surface area contributed by atoms with E-state index in [4.69, 9.17) is 5.11 Å². The van der Waals surface area contributed by atoms with Crippen molar-refractivity contribution in [2.45, 2.75) is 18.1 Å². The van der Waals surface area contributed by atoms with Crippen LogP contribution in [0.2, 0.25) is 0 Å². The Kier molecular flexibility index (Phi) is 4.63. The normalized spacial score (nSPS) is 12.1. The summed E-state index contributed by atoms with van der Waals surface area (Å²) in [7, 11) is 0. The van der Waals surface area contributed by atoms with Crippen LogP contribution >= 0.6 is 12.6 Å². The average Bonchev–Trinajstić information content (AvgIpc) is 2.39. The molecule has 1 atom stereocenters. The van der Waals surface area contributed by atoms with Crippen LogP contribution in [0.4, 0.5) is 0 Å². The topological polar surface area (TPSA) is 37.3 Å². The summed E-state index contributed by atoms with van der Waals surface area (Å²) < 4.78 is 0. The lowest BCUT2D eigenvalue weighted by molar-refractivity contribution is -0.136. The standard InChI is InChI=1S/C16H16O2S/c17-16(18)11-15(19)10-12-6-8-14(9-7-12)13-4-2-1-3-5-13/h1-9,15,19H,10-11H2,(H,17,18). The molecule has 1 N–H and O–H groups in total. The van der Waals surface area contributed by atoms with Gasteiger partial charge in [-0.25, -0.2) is 0 Å². The predicted octanol–water partition coefficient (Wildman–Crippen LogP) is 3.67. The molecule has 0 saturated carbocycles. The van der Waals surface area contributed by atoms with Gasteiger partial charge in [0.25, 0.3) is 0 Å². The van der Waals surface area contributed by atoms with Gasteiger partial charge in [-0.15, -0.1) is 0 Å². The number of thiol groups is 1. The highest BCUT2D eigenvalue weighted by Crippen LogP contribution is 2.20. The number of benzene rings is 2. The Morgan fingerprint density at radius 3 is 2.16 bits per heavy atom. The maximum absolute atomic E-state index is 10.6. The van der Waals surface area contributed by atoms with Crippen molar-refractivity contribution in [2.24, 2.45) is 0 Å². The van der Waals surface area contributed by atoms with E-state index in [0.29, 0.717) is 6.42 Å². The summed E-state index contributed by atoms with van der Waals surface area (Å²) in [5, 5.41) is 8.57. The number of carboxylic acid groups (broad SMARTS) is 1. The minimum atomic E-state index is -0.805. The molecule has 2 rings (SSSR count). The van der Waals surface area contributed by atoms with Crippen LogP contribution in [0.25, 0.3) is 11.1 Å². The predicted molar refractivity (Wildman–Crippen MR) is 80.6 cm³/mol. The minimum absolute atomic E-state index is 0.0869. The van der Waals surface area contributed by atoms with Gasteiger partial charge in [-0.05, 0) is 23.1 Å². The van der Waals surface area contributed by atoms with E-state index in [1.807, 2.05) is 30.3 Å². The number of carbonyl (C=O) groups is 1. The van der Waals surface area contributed by atoms with Crippen molar-refractivity contribution in [3.8, 4) is 11.1 Å². The van der Waals surface area contributed by atoms with Gasteiger partial charge in [0.2, 0.25) is 0 Å². The Hall–Kier alpha value is -1.74. The first-order valence-corrected chi connectivity index (χ1v) is 6.71. The van der Waals surface area contributed by atoms with Crippen LogP contribution in [0, 0.1) is 0 Å². The van der Waals surface area contributed by atoms with E-state index in [0.717, 1.165) is 5.56 Å². The molecular weight excluding hydrogens is 256 g/mol. The zero-order valence-corrected chi connectivity index (χ0v) is 11.4. The second-order valence-corrected chi connectivity index (χ2v) is 5.25. The second kappa shape index (κ2) is 6.43. The van der Waals surface area contributed by atoms with Crippen LogP contribution in [0.15, 0.2) is 54.6 Å². The zero-order chi connectivity index (χ0) is 13.7. The lowest BCUT2D eigenvalue weighted by atomic mass is 10.0. The van der Waals surface area contributed by atoms with Gasteiger partial charge in [-0.2, -0.15) is 12.6 Å². The summed E-state index contributed by atoms with van der Waals surface area (Å²) >= 11 is 4.30. The molecule has 0 aromatic heterocycles. The Morgan fingerprint density at radius 1 is 1.00 bits per heavy atom. The quantitative estimate of drug-likeness (QED) is 0.815. The number of rotatable bonds is 5. The Morgan fingerprint density at radius 2 is 1.58 bits per heavy atom. The first-order valence-electron chi connectivity index (χ1n) is 6.19. The van der Waals surface area contributed by atoms with E-state index in [9.17, 15) is 4.79 Å². The van der Waals surface area contributed by atoms with Crippen LogP contribution < -0.4 is 0 Å². The number of aliphatic carboxylic acids is 1. The summed E-state index contributed by atoms with van der Waals surface area (Å²) in [6, 6.07) is 18.4. The summed E-state index contributed by atoms with van der Waals surface area (Å²) in [4.78, 5) is 10.6. The van der Waals surface area contributed by atoms with Gasteiger partial charge in [0, 0.05) is 5.25 Å². The minimum Gasteiger partial charge on any atom is -0.481 e. The molecule has 19 heavy (non-hydrogen) atoms. The van der Waals surface area contributed by atoms with Crippen LogP contribution in [-0.2, 0) is 11.2 Å². The SMILES string of the molecule is O=C(O)CC(S)Cc1ccc(-c2ccccc2)cc1. The van der Waals surface area contributed by atoms with Crippen molar-refractivity contribution in [1.29, 1.82) is 0 Å². The van der Waals surface area contributed by atoms with Gasteiger partial charge < -0.3 is 5.11 Å². The fourth-order valence-corrected chi connectivity index (χ4v) is 2.38. The number of hydrogen-bond acceptors (Lipinski definition) is 2. The van der Waals surface area contributed by atoms with E-state index in [1.54, 1.807) is 0 Å². The molecule has 2 nitrogen and oxygen atoms in total. The number of hydrogen-bond donors (Lipinski definition) is 2. The fourth-order valence-electron chi connectivity index (χ4n) is 2.01. The van der Waals surface area contributed by atoms with Crippen molar-refractivity contribution in [2.75, 3.05) is 0 Å². The summed E-state index contributed by atoms with van der Waals surface area (Å²) in [6.45, 7) is 0. The summed E-state index contributed by atoms with van der Waals surface area (Å²) in [5.74, 6) is -0.805. The maximum Gasteiger partial charge on any atom is 0.304 e. The molecule has 3 heteroatoms. The molecule has 0 saturated heterocycles. The third-order valence-electron chi connectivity index (χ3n) is 2.94. The smallest absolute Gasteiger partial charge is 0.304 e. The van der Waals surface area contributed by atoms with Crippen LogP contribution in [-0.4, -0.2) is 16.3 Å². The van der Waals surface area contributed by atoms with Crippen LogP contribution in [0.5, 0.6) is 0 Å². The first-order chi connectivity index (χ1) is 9.15. The molecule has 0 aliphatic heterocycles. The highest BCUT2D eigenvalue weighted by atomic mass is 32.1. The fraction of sp³-hybridized carbons (Fsp3) is 0.188. The van der Waals surface area contributed by atoms with Crippen molar-refractivity contribution in [3.63, 3.8) is 0 Å². The Labute approximate surface area is 118 Å². The van der Waals surface area contributed by atoms with Crippen molar-refractivity contribution >= 4 is 18.6 Å². The van der Waals surface area contributed by atoms with Gasteiger partial charge in [-0.1, -0.05) is 54.6 Å². The van der Waals surface area contributed by atoms with E-state index in [1.165, 1.54) is 11.1 Å². The van der Waals surface area contributed by atoms with E-state index >= 15 is 0 Å². The lowest BCUT2D eigenvalue weighted by Crippen LogP contribution is -2.10. The lowest BCUT2D eigenvalue weighted by Gasteiger charge is -2.09. The molecule has 0 aliphatic rings. The van der Waals surface area contributed by atoms with Crippen LogP contribution in [0.3, 0.4) is 0 Å². The summed E-state index contributed by atoms with van der Waals surface area (Å²) in [6.07, 6.45) is 0.758. The second-order valence-electron chi connectivity index (χ2n) is 4.52.